The third-order valence-electron chi connectivity index (χ3n) is 5.68. The Morgan fingerprint density at radius 3 is 2.38 bits per heavy atom. The van der Waals surface area contributed by atoms with Gasteiger partial charge < -0.3 is 13.9 Å². The molecule has 0 saturated carbocycles. The van der Waals surface area contributed by atoms with Gasteiger partial charge in [0.15, 0.2) is 5.76 Å². The summed E-state index contributed by atoms with van der Waals surface area (Å²) in [5.74, 6) is -0.295. The zero-order valence-corrected chi connectivity index (χ0v) is 16.9. The van der Waals surface area contributed by atoms with Crippen molar-refractivity contribution >= 4 is 22.3 Å². The van der Waals surface area contributed by atoms with Gasteiger partial charge in [0.1, 0.15) is 5.76 Å². The molecule has 150 valence electrons. The van der Waals surface area contributed by atoms with Crippen LogP contribution in [0.1, 0.15) is 46.7 Å². The second-order valence-electron chi connectivity index (χ2n) is 7.36. The van der Waals surface area contributed by atoms with Crippen LogP contribution in [0.2, 0.25) is 0 Å². The van der Waals surface area contributed by atoms with Crippen molar-refractivity contribution in [1.82, 2.24) is 9.47 Å². The molecule has 0 unspecified atom stereocenters. The first-order chi connectivity index (χ1) is 14.0. The smallest absolute Gasteiger partial charge is 0.259 e. The van der Waals surface area contributed by atoms with E-state index in [0.29, 0.717) is 34.5 Å². The molecule has 0 atom stereocenters. The fourth-order valence-electron chi connectivity index (χ4n) is 4.16. The average molecular weight is 392 g/mol. The Bertz CT molecular complexity index is 1180. The van der Waals surface area contributed by atoms with E-state index in [-0.39, 0.29) is 16.7 Å². The molecule has 1 aliphatic rings. The molecule has 0 aliphatic heterocycles. The fourth-order valence-corrected chi connectivity index (χ4v) is 4.16. The molecule has 0 N–H and O–H groups in total. The topological polar surface area (TPSA) is 72.5 Å². The highest BCUT2D eigenvalue weighted by atomic mass is 16.3. The van der Waals surface area contributed by atoms with E-state index in [1.54, 1.807) is 41.8 Å². The number of rotatable bonds is 6. The minimum atomic E-state index is -0.581. The molecular weight excluding hydrogens is 368 g/mol. The summed E-state index contributed by atoms with van der Waals surface area (Å²) in [6.07, 6.45) is 0.753. The van der Waals surface area contributed by atoms with E-state index in [4.69, 9.17) is 4.42 Å². The Morgan fingerprint density at radius 1 is 1.00 bits per heavy atom. The number of hydrogen-bond donors (Lipinski definition) is 0. The molecule has 1 aliphatic carbocycles. The van der Waals surface area contributed by atoms with Crippen LogP contribution in [0.15, 0.2) is 39.5 Å². The van der Waals surface area contributed by atoms with Crippen LogP contribution >= 0.6 is 0 Å². The van der Waals surface area contributed by atoms with Crippen molar-refractivity contribution in [3.8, 4) is 11.5 Å². The van der Waals surface area contributed by atoms with Gasteiger partial charge in [-0.15, -0.1) is 0 Å². The van der Waals surface area contributed by atoms with Crippen LogP contribution in [0.4, 0.5) is 0 Å². The second kappa shape index (κ2) is 7.44. The maximum atomic E-state index is 13.3. The number of furan rings is 1. The highest BCUT2D eigenvalue weighted by molar-refractivity contribution is 6.54. The number of aryl methyl sites for hydroxylation is 1. The summed E-state index contributed by atoms with van der Waals surface area (Å²) in [7, 11) is 0. The Labute approximate surface area is 168 Å². The van der Waals surface area contributed by atoms with E-state index in [1.165, 1.54) is 0 Å². The highest BCUT2D eigenvalue weighted by Gasteiger charge is 2.37. The van der Waals surface area contributed by atoms with E-state index in [0.717, 1.165) is 26.1 Å². The maximum Gasteiger partial charge on any atom is 0.259 e. The fraction of sp³-hybridized carbons (Fsp3) is 0.348. The first-order valence-corrected chi connectivity index (χ1v) is 10.1. The lowest BCUT2D eigenvalue weighted by molar-refractivity contribution is 0.0815. The number of carbonyl (C=O) groups is 2. The van der Waals surface area contributed by atoms with Gasteiger partial charge in [0.05, 0.1) is 16.8 Å². The van der Waals surface area contributed by atoms with Gasteiger partial charge >= 0.3 is 0 Å². The summed E-state index contributed by atoms with van der Waals surface area (Å²) in [5, 5.41) is 0.951. The molecule has 29 heavy (non-hydrogen) atoms. The van der Waals surface area contributed by atoms with Crippen LogP contribution in [0.5, 0.6) is 0 Å². The van der Waals surface area contributed by atoms with Crippen molar-refractivity contribution in [3.63, 3.8) is 0 Å². The van der Waals surface area contributed by atoms with E-state index in [1.807, 2.05) is 0 Å². The van der Waals surface area contributed by atoms with E-state index in [9.17, 15) is 14.4 Å². The highest BCUT2D eigenvalue weighted by Crippen LogP contribution is 2.38. The van der Waals surface area contributed by atoms with Crippen molar-refractivity contribution in [2.45, 2.75) is 33.7 Å². The molecule has 2 heterocycles. The number of pyridine rings is 1. The van der Waals surface area contributed by atoms with Gasteiger partial charge in [0, 0.05) is 17.3 Å². The lowest BCUT2D eigenvalue weighted by atomic mass is 9.88. The van der Waals surface area contributed by atoms with Gasteiger partial charge in [0.2, 0.25) is 11.6 Å². The molecule has 6 nitrogen and oxygen atoms in total. The average Bonchev–Trinajstić information content (AvgIpc) is 3.12. The normalized spacial score (nSPS) is 13.2. The number of ketones is 2. The molecular formula is C23H24N2O4. The van der Waals surface area contributed by atoms with Crippen LogP contribution in [-0.4, -0.2) is 40.7 Å². The number of aromatic nitrogens is 1. The monoisotopic (exact) mass is 392 g/mol. The second-order valence-corrected chi connectivity index (χ2v) is 7.36. The van der Waals surface area contributed by atoms with E-state index in [2.05, 4.69) is 18.7 Å². The lowest BCUT2D eigenvalue weighted by Gasteiger charge is -2.22. The Morgan fingerprint density at radius 2 is 1.69 bits per heavy atom. The quantitative estimate of drug-likeness (QED) is 0.599. The number of nitrogens with zero attached hydrogens (tertiary/aromatic N) is 2. The summed E-state index contributed by atoms with van der Waals surface area (Å²) >= 11 is 0. The maximum absolute atomic E-state index is 13.3. The number of hydrogen-bond acceptors (Lipinski definition) is 5. The van der Waals surface area contributed by atoms with Crippen LogP contribution in [0, 0.1) is 6.92 Å². The van der Waals surface area contributed by atoms with Crippen LogP contribution in [0.3, 0.4) is 0 Å². The minimum absolute atomic E-state index is 0.166. The van der Waals surface area contributed by atoms with Crippen molar-refractivity contribution in [2.75, 3.05) is 19.6 Å². The van der Waals surface area contributed by atoms with Gasteiger partial charge in [-0.2, -0.15) is 0 Å². The summed E-state index contributed by atoms with van der Waals surface area (Å²) in [5.41, 5.74) is 0.782. The SMILES string of the molecule is CCN(CC)CCCn1c2c(c3ccccc3c1=O)C(=O)C(=O)c1cc(C)oc1-2. The van der Waals surface area contributed by atoms with Gasteiger partial charge in [0.25, 0.3) is 5.56 Å². The van der Waals surface area contributed by atoms with Crippen molar-refractivity contribution in [2.24, 2.45) is 0 Å². The van der Waals surface area contributed by atoms with Crippen LogP contribution in [0.25, 0.3) is 22.2 Å². The third-order valence-corrected chi connectivity index (χ3v) is 5.68. The van der Waals surface area contributed by atoms with Crippen molar-refractivity contribution in [3.05, 3.63) is 57.6 Å². The largest absolute Gasteiger partial charge is 0.459 e. The predicted octanol–water partition coefficient (Wildman–Crippen LogP) is 3.68. The molecule has 2 aromatic heterocycles. The molecule has 0 fully saturated rings. The lowest BCUT2D eigenvalue weighted by Crippen LogP contribution is -2.31. The van der Waals surface area contributed by atoms with E-state index < -0.39 is 11.6 Å². The number of benzene rings is 1. The molecule has 0 radical (unpaired) electrons. The third kappa shape index (κ3) is 3.04. The first kappa shape index (κ1) is 19.3. The molecule has 3 aromatic rings. The molecule has 0 spiro atoms. The van der Waals surface area contributed by atoms with Gasteiger partial charge in [-0.3, -0.25) is 14.4 Å². The van der Waals surface area contributed by atoms with Gasteiger partial charge in [-0.05, 0) is 45.1 Å². The number of carbonyl (C=O) groups excluding carboxylic acids is 2. The van der Waals surface area contributed by atoms with E-state index >= 15 is 0 Å². The van der Waals surface area contributed by atoms with Crippen LogP contribution in [-0.2, 0) is 6.54 Å². The summed E-state index contributed by atoms with van der Waals surface area (Å²) in [6, 6.07) is 8.56. The standard InChI is InChI=1S/C23H24N2O4/c1-4-24(5-2)11-8-12-25-19-18(15-9-6-7-10-16(15)23(25)28)21(27)20(26)17-13-14(3)29-22(17)19/h6-7,9-10,13H,4-5,8,11-12H2,1-3H3. The number of Topliss-reactive ketones (excluding diaryl/α,β-unsaturated/α-hetero) is 2. The Kier molecular flexibility index (Phi) is 4.96. The Balaban J connectivity index is 1.95. The molecule has 0 saturated heterocycles. The molecule has 1 aromatic carbocycles. The zero-order chi connectivity index (χ0) is 20.7. The van der Waals surface area contributed by atoms with Gasteiger partial charge in [-0.25, -0.2) is 0 Å². The summed E-state index contributed by atoms with van der Waals surface area (Å²) in [4.78, 5) is 41.4. The summed E-state index contributed by atoms with van der Waals surface area (Å²) < 4.78 is 7.44. The Hall–Kier alpha value is -2.99. The molecule has 0 amide bonds. The summed E-state index contributed by atoms with van der Waals surface area (Å²) in [6.45, 7) is 9.12. The van der Waals surface area contributed by atoms with Gasteiger partial charge in [-0.1, -0.05) is 32.0 Å². The van der Waals surface area contributed by atoms with Crippen molar-refractivity contribution < 1.29 is 14.0 Å². The van der Waals surface area contributed by atoms with Crippen LogP contribution < -0.4 is 5.56 Å². The first-order valence-electron chi connectivity index (χ1n) is 10.1. The molecule has 6 heteroatoms. The molecule has 4 rings (SSSR count). The molecule has 0 bridgehead atoms. The predicted molar refractivity (Wildman–Crippen MR) is 112 cm³/mol. The van der Waals surface area contributed by atoms with Crippen molar-refractivity contribution in [1.29, 1.82) is 0 Å². The number of fused-ring (bicyclic) bond motifs is 5. The zero-order valence-electron chi connectivity index (χ0n) is 16.9. The minimum Gasteiger partial charge on any atom is -0.459 e.